The molecule has 0 spiro atoms. The molecule has 0 unspecified atom stereocenters. The lowest BCUT2D eigenvalue weighted by molar-refractivity contribution is -0.138. The molecule has 26 heavy (non-hydrogen) atoms. The topological polar surface area (TPSA) is 91.8 Å². The van der Waals surface area contributed by atoms with Crippen molar-refractivity contribution in [3.63, 3.8) is 0 Å². The van der Waals surface area contributed by atoms with E-state index < -0.39 is 0 Å². The van der Waals surface area contributed by atoms with Crippen molar-refractivity contribution in [2.45, 2.75) is 32.2 Å². The number of hydrogen-bond donors (Lipinski definition) is 1. The quantitative estimate of drug-likeness (QED) is 0.711. The second kappa shape index (κ2) is 8.75. The average molecular weight is 360 g/mol. The predicted molar refractivity (Wildman–Crippen MR) is 94.3 cm³/mol. The maximum absolute atomic E-state index is 11.9. The third kappa shape index (κ3) is 4.78. The number of imide groups is 1. The van der Waals surface area contributed by atoms with Gasteiger partial charge in [0, 0.05) is 51.6 Å². The highest BCUT2D eigenvalue weighted by Crippen LogP contribution is 2.14. The van der Waals surface area contributed by atoms with Crippen molar-refractivity contribution in [1.82, 2.24) is 15.2 Å². The lowest BCUT2D eigenvalue weighted by atomic mass is 10.2. The fourth-order valence-electron chi connectivity index (χ4n) is 3.06. The molecular formula is C18H24N4O4. The van der Waals surface area contributed by atoms with Crippen LogP contribution in [-0.2, 0) is 25.7 Å². The minimum atomic E-state index is -0.137. The Bertz CT molecular complexity index is 640. The number of ether oxygens (including phenoxy) is 1. The summed E-state index contributed by atoms with van der Waals surface area (Å²) >= 11 is 0. The van der Waals surface area contributed by atoms with Crippen LogP contribution in [0.1, 0.15) is 31.2 Å². The summed E-state index contributed by atoms with van der Waals surface area (Å²) in [4.78, 5) is 42.8. The summed E-state index contributed by atoms with van der Waals surface area (Å²) in [5.74, 6) is 0.549. The van der Waals surface area contributed by atoms with E-state index in [0.29, 0.717) is 45.6 Å². The van der Waals surface area contributed by atoms with Gasteiger partial charge < -0.3 is 15.0 Å². The standard InChI is InChI=1S/C18H24N4O4/c23-16(2-1-7-22-17(24)5-6-18(22)25)20-13-14-3-4-15(19-12-14)21-8-10-26-11-9-21/h3-4,12H,1-2,5-11,13H2,(H,20,23). The van der Waals surface area contributed by atoms with Crippen molar-refractivity contribution in [3.05, 3.63) is 23.9 Å². The summed E-state index contributed by atoms with van der Waals surface area (Å²) in [6.45, 7) is 3.84. The largest absolute Gasteiger partial charge is 0.378 e. The zero-order chi connectivity index (χ0) is 18.4. The number of morpholine rings is 1. The van der Waals surface area contributed by atoms with Crippen molar-refractivity contribution in [3.8, 4) is 0 Å². The Morgan fingerprint density at radius 2 is 1.88 bits per heavy atom. The Labute approximate surface area is 152 Å². The van der Waals surface area contributed by atoms with E-state index in [-0.39, 0.29) is 24.1 Å². The zero-order valence-electron chi connectivity index (χ0n) is 14.8. The fraction of sp³-hybridized carbons (Fsp3) is 0.556. The minimum Gasteiger partial charge on any atom is -0.378 e. The SMILES string of the molecule is O=C(CCCN1C(=O)CCC1=O)NCc1ccc(N2CCOCC2)nc1. The monoisotopic (exact) mass is 360 g/mol. The van der Waals surface area contributed by atoms with Gasteiger partial charge in [-0.25, -0.2) is 4.98 Å². The second-order valence-electron chi connectivity index (χ2n) is 6.44. The molecule has 0 aliphatic carbocycles. The molecule has 1 aromatic rings. The van der Waals surface area contributed by atoms with Gasteiger partial charge in [0.05, 0.1) is 13.2 Å². The van der Waals surface area contributed by atoms with Gasteiger partial charge in [0.2, 0.25) is 17.7 Å². The van der Waals surface area contributed by atoms with Gasteiger partial charge in [-0.05, 0) is 18.1 Å². The number of amides is 3. The molecule has 0 radical (unpaired) electrons. The number of hydrogen-bond acceptors (Lipinski definition) is 6. The Hall–Kier alpha value is -2.48. The Kier molecular flexibility index (Phi) is 6.17. The number of anilines is 1. The highest BCUT2D eigenvalue weighted by molar-refractivity contribution is 6.01. The van der Waals surface area contributed by atoms with E-state index in [4.69, 9.17) is 4.74 Å². The number of nitrogens with one attached hydrogen (secondary N) is 1. The lowest BCUT2D eigenvalue weighted by Gasteiger charge is -2.27. The van der Waals surface area contributed by atoms with E-state index >= 15 is 0 Å². The van der Waals surface area contributed by atoms with Crippen molar-refractivity contribution >= 4 is 23.5 Å². The molecule has 3 heterocycles. The molecule has 3 rings (SSSR count). The molecule has 2 fully saturated rings. The highest BCUT2D eigenvalue weighted by Gasteiger charge is 2.28. The van der Waals surface area contributed by atoms with Crippen LogP contribution in [0.2, 0.25) is 0 Å². The number of likely N-dealkylation sites (tertiary alicyclic amines) is 1. The molecule has 0 aromatic carbocycles. The molecule has 8 nitrogen and oxygen atoms in total. The van der Waals surface area contributed by atoms with Gasteiger partial charge in [-0.2, -0.15) is 0 Å². The van der Waals surface area contributed by atoms with Crippen molar-refractivity contribution in [2.75, 3.05) is 37.7 Å². The molecular weight excluding hydrogens is 336 g/mol. The maximum atomic E-state index is 11.9. The first-order valence-corrected chi connectivity index (χ1v) is 9.01. The number of aromatic nitrogens is 1. The maximum Gasteiger partial charge on any atom is 0.229 e. The van der Waals surface area contributed by atoms with Crippen molar-refractivity contribution in [1.29, 1.82) is 0 Å². The van der Waals surface area contributed by atoms with Crippen LogP contribution in [0.3, 0.4) is 0 Å². The number of pyridine rings is 1. The number of rotatable bonds is 7. The fourth-order valence-corrected chi connectivity index (χ4v) is 3.06. The molecule has 140 valence electrons. The molecule has 2 aliphatic heterocycles. The molecule has 2 aliphatic rings. The molecule has 0 atom stereocenters. The summed E-state index contributed by atoms with van der Waals surface area (Å²) < 4.78 is 5.33. The van der Waals surface area contributed by atoms with Gasteiger partial charge in [-0.15, -0.1) is 0 Å². The zero-order valence-corrected chi connectivity index (χ0v) is 14.8. The van der Waals surface area contributed by atoms with Crippen LogP contribution in [0.4, 0.5) is 5.82 Å². The van der Waals surface area contributed by atoms with Crippen molar-refractivity contribution < 1.29 is 19.1 Å². The molecule has 8 heteroatoms. The lowest BCUT2D eigenvalue weighted by Crippen LogP contribution is -2.36. The third-order valence-corrected chi connectivity index (χ3v) is 4.57. The number of nitrogens with zero attached hydrogens (tertiary/aromatic N) is 3. The summed E-state index contributed by atoms with van der Waals surface area (Å²) in [5.41, 5.74) is 0.931. The van der Waals surface area contributed by atoms with Gasteiger partial charge in [0.1, 0.15) is 5.82 Å². The average Bonchev–Trinajstić information content (AvgIpc) is 2.99. The van der Waals surface area contributed by atoms with Crippen LogP contribution in [0.15, 0.2) is 18.3 Å². The molecule has 1 N–H and O–H groups in total. The van der Waals surface area contributed by atoms with E-state index in [0.717, 1.165) is 24.5 Å². The van der Waals surface area contributed by atoms with E-state index in [1.807, 2.05) is 12.1 Å². The first-order valence-electron chi connectivity index (χ1n) is 9.01. The molecule has 0 saturated carbocycles. The van der Waals surface area contributed by atoms with Crippen LogP contribution in [0.5, 0.6) is 0 Å². The summed E-state index contributed by atoms with van der Waals surface area (Å²) in [5, 5.41) is 2.84. The Morgan fingerprint density at radius 1 is 1.15 bits per heavy atom. The number of carbonyl (C=O) groups is 3. The Balaban J connectivity index is 1.37. The van der Waals surface area contributed by atoms with E-state index in [1.165, 1.54) is 4.90 Å². The van der Waals surface area contributed by atoms with E-state index in [1.54, 1.807) is 6.20 Å². The smallest absolute Gasteiger partial charge is 0.229 e. The van der Waals surface area contributed by atoms with Gasteiger partial charge in [0.15, 0.2) is 0 Å². The van der Waals surface area contributed by atoms with Gasteiger partial charge in [-0.1, -0.05) is 6.07 Å². The van der Waals surface area contributed by atoms with Crippen LogP contribution in [-0.4, -0.2) is 60.5 Å². The van der Waals surface area contributed by atoms with Gasteiger partial charge in [0.25, 0.3) is 0 Å². The molecule has 2 saturated heterocycles. The summed E-state index contributed by atoms with van der Waals surface area (Å²) in [7, 11) is 0. The normalized spacial score (nSPS) is 17.7. The molecule has 3 amide bonds. The van der Waals surface area contributed by atoms with Crippen LogP contribution >= 0.6 is 0 Å². The molecule has 1 aromatic heterocycles. The predicted octanol–water partition coefficient (Wildman–Crippen LogP) is 0.464. The van der Waals surface area contributed by atoms with E-state index in [2.05, 4.69) is 15.2 Å². The highest BCUT2D eigenvalue weighted by atomic mass is 16.5. The van der Waals surface area contributed by atoms with E-state index in [9.17, 15) is 14.4 Å². The third-order valence-electron chi connectivity index (χ3n) is 4.57. The second-order valence-corrected chi connectivity index (χ2v) is 6.44. The van der Waals surface area contributed by atoms with Crippen LogP contribution in [0.25, 0.3) is 0 Å². The summed E-state index contributed by atoms with van der Waals surface area (Å²) in [6.07, 6.45) is 3.12. The van der Waals surface area contributed by atoms with Gasteiger partial charge in [-0.3, -0.25) is 19.3 Å². The van der Waals surface area contributed by atoms with Gasteiger partial charge >= 0.3 is 0 Å². The molecule has 0 bridgehead atoms. The minimum absolute atomic E-state index is 0.0960. The van der Waals surface area contributed by atoms with Crippen LogP contribution < -0.4 is 10.2 Å². The number of carbonyl (C=O) groups excluding carboxylic acids is 3. The van der Waals surface area contributed by atoms with Crippen molar-refractivity contribution in [2.24, 2.45) is 0 Å². The summed E-state index contributed by atoms with van der Waals surface area (Å²) in [6, 6.07) is 3.91. The Morgan fingerprint density at radius 3 is 2.54 bits per heavy atom. The van der Waals surface area contributed by atoms with Crippen LogP contribution in [0, 0.1) is 0 Å². The first-order chi connectivity index (χ1) is 12.6. The first kappa shape index (κ1) is 18.3.